The zero-order chi connectivity index (χ0) is 12.3. The van der Waals surface area contributed by atoms with E-state index in [0.717, 1.165) is 5.56 Å². The van der Waals surface area contributed by atoms with Gasteiger partial charge in [-0.1, -0.05) is 17.7 Å². The monoisotopic (exact) mass is 245 g/mol. The predicted octanol–water partition coefficient (Wildman–Crippen LogP) is 2.15. The van der Waals surface area contributed by atoms with E-state index in [4.69, 9.17) is 0 Å². The van der Waals surface area contributed by atoms with Crippen LogP contribution >= 0.6 is 0 Å². The van der Waals surface area contributed by atoms with Crippen LogP contribution in [-0.4, -0.2) is 15.7 Å². The molecule has 1 aromatic rings. The molecule has 0 heterocycles. The molecule has 0 saturated heterocycles. The minimum Gasteiger partial charge on any atom is -0.290 e. The molecule has 0 aliphatic heterocycles. The van der Waals surface area contributed by atoms with Crippen molar-refractivity contribution in [2.24, 2.45) is 4.40 Å². The Bertz CT molecular complexity index is 535. The van der Waals surface area contributed by atoms with Crippen molar-refractivity contribution < 1.29 is 9.00 Å². The van der Waals surface area contributed by atoms with Gasteiger partial charge in [-0.3, -0.25) is 4.79 Å². The van der Waals surface area contributed by atoms with Crippen LogP contribution in [0.2, 0.25) is 0 Å². The van der Waals surface area contributed by atoms with E-state index < -0.39 is 11.0 Å². The van der Waals surface area contributed by atoms with Gasteiger partial charge in [0.25, 0.3) is 0 Å². The average molecular weight is 245 g/mol. The maximum atomic E-state index is 11.9. The van der Waals surface area contributed by atoms with Crippen molar-refractivity contribution >= 4 is 22.5 Å². The van der Waals surface area contributed by atoms with E-state index >= 15 is 0 Å². The number of aryl methyl sites for hydroxylation is 1. The van der Waals surface area contributed by atoms with Gasteiger partial charge in [0.1, 0.15) is 0 Å². The van der Waals surface area contributed by atoms with Gasteiger partial charge in [-0.05, 0) is 43.4 Å². The lowest BCUT2D eigenvalue weighted by molar-refractivity contribution is -0.110. The van der Waals surface area contributed by atoms with Gasteiger partial charge in [-0.25, -0.2) is 4.21 Å². The fourth-order valence-electron chi connectivity index (χ4n) is 1.31. The Morgan fingerprint density at radius 1 is 1.00 bits per heavy atom. The first kappa shape index (κ1) is 11.7. The molecule has 0 amide bonds. The summed E-state index contributed by atoms with van der Waals surface area (Å²) in [6.45, 7) is 1.97. The van der Waals surface area contributed by atoms with E-state index in [9.17, 15) is 9.00 Å². The number of hydrogen-bond acceptors (Lipinski definition) is 2. The van der Waals surface area contributed by atoms with Gasteiger partial charge in [-0.15, -0.1) is 0 Å². The SMILES string of the molecule is Cc1ccc(S(=O)N=C2C=CC(=O)C=C2)cc1. The standard InChI is InChI=1S/C13H11NO2S/c1-10-2-8-13(9-3-10)17(16)14-11-4-6-12(15)7-5-11/h2-9H,1H3. The van der Waals surface area contributed by atoms with Crippen LogP contribution in [0.5, 0.6) is 0 Å². The van der Waals surface area contributed by atoms with Gasteiger partial charge in [0.2, 0.25) is 0 Å². The van der Waals surface area contributed by atoms with Gasteiger partial charge in [-0.2, -0.15) is 4.40 Å². The molecular weight excluding hydrogens is 234 g/mol. The predicted molar refractivity (Wildman–Crippen MR) is 68.3 cm³/mol. The molecule has 2 rings (SSSR count). The summed E-state index contributed by atoms with van der Waals surface area (Å²) in [5.74, 6) is -0.0786. The molecular formula is C13H11NO2S. The van der Waals surface area contributed by atoms with Crippen LogP contribution < -0.4 is 0 Å². The van der Waals surface area contributed by atoms with Crippen molar-refractivity contribution in [3.63, 3.8) is 0 Å². The highest BCUT2D eigenvalue weighted by Gasteiger charge is 2.04. The fourth-order valence-corrected chi connectivity index (χ4v) is 2.10. The zero-order valence-corrected chi connectivity index (χ0v) is 10.1. The lowest BCUT2D eigenvalue weighted by Crippen LogP contribution is -2.01. The first-order valence-corrected chi connectivity index (χ1v) is 6.23. The molecule has 0 aromatic heterocycles. The molecule has 3 nitrogen and oxygen atoms in total. The summed E-state index contributed by atoms with van der Waals surface area (Å²) in [5.41, 5.74) is 1.66. The third kappa shape index (κ3) is 3.07. The summed E-state index contributed by atoms with van der Waals surface area (Å²) in [7, 11) is -1.43. The minimum absolute atomic E-state index is 0.0786. The first-order chi connectivity index (χ1) is 8.15. The molecule has 1 unspecified atom stereocenters. The number of nitrogens with zero attached hydrogens (tertiary/aromatic N) is 1. The van der Waals surface area contributed by atoms with Gasteiger partial charge in [0, 0.05) is 0 Å². The van der Waals surface area contributed by atoms with Crippen LogP contribution in [0.25, 0.3) is 0 Å². The van der Waals surface area contributed by atoms with E-state index in [0.29, 0.717) is 10.6 Å². The number of ketones is 1. The van der Waals surface area contributed by atoms with Gasteiger partial charge < -0.3 is 0 Å². The van der Waals surface area contributed by atoms with Crippen molar-refractivity contribution in [2.75, 3.05) is 0 Å². The summed E-state index contributed by atoms with van der Waals surface area (Å²) in [6, 6.07) is 7.36. The highest BCUT2D eigenvalue weighted by atomic mass is 32.2. The Morgan fingerprint density at radius 2 is 1.59 bits per heavy atom. The summed E-state index contributed by atoms with van der Waals surface area (Å²) in [6.07, 6.45) is 5.94. The maximum Gasteiger partial charge on any atom is 0.178 e. The third-order valence-electron chi connectivity index (χ3n) is 2.25. The van der Waals surface area contributed by atoms with Gasteiger partial charge in [0.05, 0.1) is 10.6 Å². The first-order valence-electron chi connectivity index (χ1n) is 5.12. The van der Waals surface area contributed by atoms with Gasteiger partial charge >= 0.3 is 0 Å². The molecule has 86 valence electrons. The Morgan fingerprint density at radius 3 is 2.18 bits per heavy atom. The number of carbonyl (C=O) groups is 1. The molecule has 0 saturated carbocycles. The lowest BCUT2D eigenvalue weighted by Gasteiger charge is -2.00. The highest BCUT2D eigenvalue weighted by molar-refractivity contribution is 7.84. The molecule has 17 heavy (non-hydrogen) atoms. The molecule has 0 radical (unpaired) electrons. The van der Waals surface area contributed by atoms with Gasteiger partial charge in [0.15, 0.2) is 16.8 Å². The number of carbonyl (C=O) groups excluding carboxylic acids is 1. The molecule has 1 aliphatic carbocycles. The Hall–Kier alpha value is -1.81. The largest absolute Gasteiger partial charge is 0.290 e. The fraction of sp³-hybridized carbons (Fsp3) is 0.0769. The molecule has 4 heteroatoms. The van der Waals surface area contributed by atoms with Crippen molar-refractivity contribution in [2.45, 2.75) is 11.8 Å². The maximum absolute atomic E-state index is 11.9. The van der Waals surface area contributed by atoms with Crippen molar-refractivity contribution in [3.05, 3.63) is 54.1 Å². The molecule has 1 atom stereocenters. The molecule has 0 spiro atoms. The number of benzene rings is 1. The quantitative estimate of drug-likeness (QED) is 0.749. The molecule has 0 bridgehead atoms. The molecule has 0 N–H and O–H groups in total. The molecule has 1 aromatic carbocycles. The lowest BCUT2D eigenvalue weighted by atomic mass is 10.2. The van der Waals surface area contributed by atoms with E-state index in [2.05, 4.69) is 4.40 Å². The topological polar surface area (TPSA) is 46.5 Å². The van der Waals surface area contributed by atoms with Crippen LogP contribution in [0.4, 0.5) is 0 Å². The van der Waals surface area contributed by atoms with Crippen LogP contribution in [0.1, 0.15) is 5.56 Å². The van der Waals surface area contributed by atoms with Crippen LogP contribution in [0.3, 0.4) is 0 Å². The number of hydrogen-bond donors (Lipinski definition) is 0. The van der Waals surface area contributed by atoms with E-state index in [1.54, 1.807) is 24.3 Å². The Balaban J connectivity index is 2.20. The van der Waals surface area contributed by atoms with E-state index in [1.807, 2.05) is 19.1 Å². The van der Waals surface area contributed by atoms with Crippen LogP contribution in [-0.2, 0) is 15.8 Å². The van der Waals surface area contributed by atoms with Crippen LogP contribution in [0.15, 0.2) is 57.9 Å². The summed E-state index contributed by atoms with van der Waals surface area (Å²) in [4.78, 5) is 11.6. The zero-order valence-electron chi connectivity index (χ0n) is 9.29. The van der Waals surface area contributed by atoms with E-state index in [1.165, 1.54) is 12.2 Å². The Kier molecular flexibility index (Phi) is 3.44. The molecule has 0 fully saturated rings. The summed E-state index contributed by atoms with van der Waals surface area (Å²) >= 11 is 0. The van der Waals surface area contributed by atoms with E-state index in [-0.39, 0.29) is 5.78 Å². The van der Waals surface area contributed by atoms with Crippen molar-refractivity contribution in [1.29, 1.82) is 0 Å². The van der Waals surface area contributed by atoms with Crippen LogP contribution in [0, 0.1) is 6.92 Å². The minimum atomic E-state index is -1.43. The summed E-state index contributed by atoms with van der Waals surface area (Å²) < 4.78 is 15.9. The summed E-state index contributed by atoms with van der Waals surface area (Å²) in [5, 5.41) is 0. The second-order valence-corrected chi connectivity index (χ2v) is 4.80. The smallest absolute Gasteiger partial charge is 0.178 e. The van der Waals surface area contributed by atoms with Crippen molar-refractivity contribution in [3.8, 4) is 0 Å². The average Bonchev–Trinajstić information content (AvgIpc) is 2.33. The number of allylic oxidation sites excluding steroid dienone is 4. The third-order valence-corrected chi connectivity index (χ3v) is 3.30. The number of rotatable bonds is 2. The second kappa shape index (κ2) is 5.01. The Labute approximate surface area is 102 Å². The molecule has 1 aliphatic rings. The van der Waals surface area contributed by atoms with Crippen molar-refractivity contribution in [1.82, 2.24) is 0 Å². The second-order valence-electron chi connectivity index (χ2n) is 3.65. The normalized spacial score (nSPS) is 16.1. The highest BCUT2D eigenvalue weighted by Crippen LogP contribution is 2.10.